The third-order valence-electron chi connectivity index (χ3n) is 2.45. The molecule has 1 aromatic heterocycles. The number of H-pyrrole nitrogens is 1. The van der Waals surface area contributed by atoms with Gasteiger partial charge in [-0.1, -0.05) is 17.7 Å². The maximum Gasteiger partial charge on any atom is 0.197 e. The van der Waals surface area contributed by atoms with E-state index in [1.807, 2.05) is 18.2 Å². The third-order valence-corrected chi connectivity index (χ3v) is 2.76. The third kappa shape index (κ3) is 2.16. The first-order valence-electron chi connectivity index (χ1n) is 5.02. The number of hydrogen-bond donors (Lipinski definition) is 3. The van der Waals surface area contributed by atoms with Gasteiger partial charge in [0.2, 0.25) is 0 Å². The van der Waals surface area contributed by atoms with E-state index >= 15 is 0 Å². The smallest absolute Gasteiger partial charge is 0.197 e. The van der Waals surface area contributed by atoms with Crippen molar-refractivity contribution in [1.82, 2.24) is 15.5 Å². The van der Waals surface area contributed by atoms with Gasteiger partial charge in [0, 0.05) is 6.54 Å². The van der Waals surface area contributed by atoms with Crippen LogP contribution in [0.15, 0.2) is 23.2 Å². The summed E-state index contributed by atoms with van der Waals surface area (Å²) in [7, 11) is 0. The van der Waals surface area contributed by atoms with Crippen LogP contribution >= 0.6 is 24.0 Å². The van der Waals surface area contributed by atoms with Crippen LogP contribution in [0.5, 0.6) is 0 Å². The number of anilines is 1. The Morgan fingerprint density at radius 3 is 3.00 bits per heavy atom. The molecule has 2 aromatic rings. The summed E-state index contributed by atoms with van der Waals surface area (Å²) in [5, 5.41) is 14.9. The van der Waals surface area contributed by atoms with Gasteiger partial charge < -0.3 is 10.6 Å². The van der Waals surface area contributed by atoms with E-state index < -0.39 is 0 Å². The highest BCUT2D eigenvalue weighted by molar-refractivity contribution is 6.36. The summed E-state index contributed by atoms with van der Waals surface area (Å²) in [6.07, 6.45) is 0. The molecule has 1 aromatic carbocycles. The molecule has 0 saturated heterocycles. The SMILES string of the molecule is Cl.Clc1cccc2[nH]nc(NC3=NCCN3)c12. The van der Waals surface area contributed by atoms with Gasteiger partial charge in [-0.05, 0) is 12.1 Å². The Hall–Kier alpha value is -1.46. The molecule has 7 heteroatoms. The maximum absolute atomic E-state index is 6.13. The first-order chi connectivity index (χ1) is 7.84. The van der Waals surface area contributed by atoms with E-state index in [0.29, 0.717) is 10.8 Å². The molecule has 0 bridgehead atoms. The lowest BCUT2D eigenvalue weighted by atomic mass is 10.2. The molecule has 0 aliphatic carbocycles. The summed E-state index contributed by atoms with van der Waals surface area (Å²) in [4.78, 5) is 4.24. The van der Waals surface area contributed by atoms with E-state index in [4.69, 9.17) is 11.6 Å². The Balaban J connectivity index is 0.00000108. The molecule has 0 unspecified atom stereocenters. The molecular formula is C10H11Cl2N5. The number of guanidine groups is 1. The quantitative estimate of drug-likeness (QED) is 0.744. The number of aromatic nitrogens is 2. The summed E-state index contributed by atoms with van der Waals surface area (Å²) in [5.74, 6) is 1.45. The molecular weight excluding hydrogens is 261 g/mol. The number of aromatic amines is 1. The van der Waals surface area contributed by atoms with Crippen LogP contribution in [0, 0.1) is 0 Å². The molecule has 90 valence electrons. The number of benzene rings is 1. The molecule has 3 rings (SSSR count). The average molecular weight is 272 g/mol. The van der Waals surface area contributed by atoms with Gasteiger partial charge in [-0.2, -0.15) is 5.10 Å². The number of nitrogens with one attached hydrogen (secondary N) is 3. The lowest BCUT2D eigenvalue weighted by Crippen LogP contribution is -2.26. The van der Waals surface area contributed by atoms with E-state index in [9.17, 15) is 0 Å². The minimum atomic E-state index is 0. The second kappa shape index (κ2) is 4.81. The van der Waals surface area contributed by atoms with E-state index in [0.717, 1.165) is 30.0 Å². The molecule has 0 spiro atoms. The van der Waals surface area contributed by atoms with E-state index in [-0.39, 0.29) is 12.4 Å². The highest BCUT2D eigenvalue weighted by atomic mass is 35.5. The molecule has 2 heterocycles. The first-order valence-corrected chi connectivity index (χ1v) is 5.40. The Kier molecular flexibility index (Phi) is 3.40. The van der Waals surface area contributed by atoms with Crippen molar-refractivity contribution in [3.8, 4) is 0 Å². The van der Waals surface area contributed by atoms with Crippen LogP contribution in [0.1, 0.15) is 0 Å². The van der Waals surface area contributed by atoms with Gasteiger partial charge in [0.1, 0.15) is 0 Å². The van der Waals surface area contributed by atoms with Crippen molar-refractivity contribution in [1.29, 1.82) is 0 Å². The molecule has 0 amide bonds. The zero-order valence-corrected chi connectivity index (χ0v) is 10.4. The van der Waals surface area contributed by atoms with E-state index in [1.54, 1.807) is 0 Å². The summed E-state index contributed by atoms with van der Waals surface area (Å²) < 4.78 is 0. The van der Waals surface area contributed by atoms with E-state index in [1.165, 1.54) is 0 Å². The number of aliphatic imine (C=N–C) groups is 1. The molecule has 17 heavy (non-hydrogen) atoms. The molecule has 1 aliphatic rings. The standard InChI is InChI=1S/C10H10ClN5.ClH/c11-6-2-1-3-7-8(6)9(16-15-7)14-10-12-4-5-13-10;/h1-3H,4-5H2,(H3,12,13,14,15,16);1H. The molecule has 0 radical (unpaired) electrons. The van der Waals surface area contributed by atoms with Crippen LogP contribution in [-0.2, 0) is 0 Å². The van der Waals surface area contributed by atoms with Crippen molar-refractivity contribution >= 4 is 46.7 Å². The highest BCUT2D eigenvalue weighted by Gasteiger charge is 2.12. The Morgan fingerprint density at radius 2 is 2.24 bits per heavy atom. The minimum Gasteiger partial charge on any atom is -0.354 e. The molecule has 1 aliphatic heterocycles. The van der Waals surface area contributed by atoms with Crippen LogP contribution in [0.25, 0.3) is 10.9 Å². The average Bonchev–Trinajstić information content (AvgIpc) is 2.90. The molecule has 0 atom stereocenters. The summed E-state index contributed by atoms with van der Waals surface area (Å²) >= 11 is 6.13. The van der Waals surface area contributed by atoms with Gasteiger partial charge in [-0.25, -0.2) is 0 Å². The maximum atomic E-state index is 6.13. The first kappa shape index (κ1) is 12.0. The fraction of sp³-hybridized carbons (Fsp3) is 0.200. The second-order valence-electron chi connectivity index (χ2n) is 3.52. The predicted molar refractivity (Wildman–Crippen MR) is 72.3 cm³/mol. The van der Waals surface area contributed by atoms with Gasteiger partial charge >= 0.3 is 0 Å². The largest absolute Gasteiger partial charge is 0.354 e. The topological polar surface area (TPSA) is 65.1 Å². The van der Waals surface area contributed by atoms with Crippen LogP contribution in [0.2, 0.25) is 5.02 Å². The zero-order valence-electron chi connectivity index (χ0n) is 8.83. The van der Waals surface area contributed by atoms with Crippen LogP contribution in [0.4, 0.5) is 5.82 Å². The van der Waals surface area contributed by atoms with Gasteiger partial charge in [0.15, 0.2) is 11.8 Å². The van der Waals surface area contributed by atoms with Gasteiger partial charge in [0.25, 0.3) is 0 Å². The van der Waals surface area contributed by atoms with Crippen molar-refractivity contribution < 1.29 is 0 Å². The number of nitrogens with zero attached hydrogens (tertiary/aromatic N) is 2. The fourth-order valence-corrected chi connectivity index (χ4v) is 1.98. The molecule has 0 saturated carbocycles. The summed E-state index contributed by atoms with van der Waals surface area (Å²) in [6, 6.07) is 5.66. The highest BCUT2D eigenvalue weighted by Crippen LogP contribution is 2.28. The molecule has 3 N–H and O–H groups in total. The van der Waals surface area contributed by atoms with Crippen LogP contribution < -0.4 is 10.6 Å². The Morgan fingerprint density at radius 1 is 1.35 bits per heavy atom. The number of rotatable bonds is 1. The molecule has 0 fully saturated rings. The van der Waals surface area contributed by atoms with E-state index in [2.05, 4.69) is 25.8 Å². The van der Waals surface area contributed by atoms with Gasteiger partial charge in [-0.3, -0.25) is 10.1 Å². The van der Waals surface area contributed by atoms with Crippen molar-refractivity contribution in [2.24, 2.45) is 4.99 Å². The number of hydrogen-bond acceptors (Lipinski definition) is 4. The van der Waals surface area contributed by atoms with Crippen molar-refractivity contribution in [3.05, 3.63) is 23.2 Å². The lowest BCUT2D eigenvalue weighted by Gasteiger charge is -2.03. The van der Waals surface area contributed by atoms with Crippen LogP contribution in [-0.4, -0.2) is 29.2 Å². The molecule has 5 nitrogen and oxygen atoms in total. The van der Waals surface area contributed by atoms with Crippen molar-refractivity contribution in [2.45, 2.75) is 0 Å². The second-order valence-corrected chi connectivity index (χ2v) is 3.92. The fourth-order valence-electron chi connectivity index (χ4n) is 1.71. The number of fused-ring (bicyclic) bond motifs is 1. The monoisotopic (exact) mass is 271 g/mol. The lowest BCUT2D eigenvalue weighted by molar-refractivity contribution is 0.958. The zero-order chi connectivity index (χ0) is 11.0. The number of halogens is 2. The minimum absolute atomic E-state index is 0. The predicted octanol–water partition coefficient (Wildman–Crippen LogP) is 2.01. The van der Waals surface area contributed by atoms with Crippen molar-refractivity contribution in [3.63, 3.8) is 0 Å². The summed E-state index contributed by atoms with van der Waals surface area (Å²) in [6.45, 7) is 1.65. The Labute approximate surface area is 109 Å². The van der Waals surface area contributed by atoms with Gasteiger partial charge in [-0.15, -0.1) is 12.4 Å². The van der Waals surface area contributed by atoms with Gasteiger partial charge in [0.05, 0.1) is 22.5 Å². The summed E-state index contributed by atoms with van der Waals surface area (Å²) in [5.41, 5.74) is 0.911. The Bertz CT molecular complexity index is 563. The normalized spacial score (nSPS) is 14.1. The van der Waals surface area contributed by atoms with Crippen LogP contribution in [0.3, 0.4) is 0 Å². The van der Waals surface area contributed by atoms with Crippen molar-refractivity contribution in [2.75, 3.05) is 18.4 Å².